The number of likely N-dealkylation sites (tertiary alicyclic amines) is 2. The van der Waals surface area contributed by atoms with E-state index in [1.54, 1.807) is 0 Å². The summed E-state index contributed by atoms with van der Waals surface area (Å²) in [7, 11) is 1.30. The van der Waals surface area contributed by atoms with Gasteiger partial charge in [0.1, 0.15) is 17.7 Å². The third-order valence-electron chi connectivity index (χ3n) is 13.9. The Hall–Kier alpha value is -5.27. The van der Waals surface area contributed by atoms with Gasteiger partial charge in [-0.25, -0.2) is 14.8 Å². The van der Waals surface area contributed by atoms with Gasteiger partial charge in [-0.2, -0.15) is 0 Å². The topological polar surface area (TPSA) is 155 Å². The number of nitrogens with one attached hydrogen (secondary N) is 3. The highest BCUT2D eigenvalue weighted by Gasteiger charge is 2.51. The normalized spacial score (nSPS) is 25.1. The highest BCUT2D eigenvalue weighted by molar-refractivity contribution is 6.05. The molecule has 4 fully saturated rings. The predicted molar refractivity (Wildman–Crippen MR) is 229 cm³/mol. The number of methoxy groups -OCH3 is 1. The van der Waals surface area contributed by atoms with Gasteiger partial charge in [0.2, 0.25) is 11.8 Å². The number of imidazole rings is 2. The maximum atomic E-state index is 14.2. The first-order chi connectivity index (χ1) is 28.9. The first kappa shape index (κ1) is 40.2. The molecular weight excluding hydrogens is 759 g/mol. The number of fused-ring (bicyclic) bond motifs is 4. The van der Waals surface area contributed by atoms with Crippen molar-refractivity contribution in [3.8, 4) is 22.4 Å². The lowest BCUT2D eigenvalue weighted by Crippen LogP contribution is -2.53. The van der Waals surface area contributed by atoms with Crippen molar-refractivity contribution in [2.24, 2.45) is 29.1 Å². The third kappa shape index (κ3) is 7.23. The number of amides is 3. The Kier molecular flexibility index (Phi) is 10.7. The molecule has 4 aliphatic rings. The van der Waals surface area contributed by atoms with Gasteiger partial charge in [-0.3, -0.25) is 9.59 Å². The number of ether oxygens (including phenoxy) is 3. The number of carbonyl (C=O) groups excluding carboxylic acids is 3. The van der Waals surface area contributed by atoms with Crippen molar-refractivity contribution in [3.63, 3.8) is 0 Å². The summed E-state index contributed by atoms with van der Waals surface area (Å²) in [6.45, 7) is 13.3. The summed E-state index contributed by atoms with van der Waals surface area (Å²) in [4.78, 5) is 61.3. The first-order valence-electron chi connectivity index (χ1n) is 21.6. The molecule has 4 aliphatic heterocycles. The summed E-state index contributed by atoms with van der Waals surface area (Å²) in [5.41, 5.74) is 5.88. The summed E-state index contributed by atoms with van der Waals surface area (Å²) in [5, 5.41) is 4.89. The zero-order chi connectivity index (χ0) is 41.9. The van der Waals surface area contributed by atoms with Gasteiger partial charge in [-0.1, -0.05) is 77.1 Å². The molecular formula is C47H57N7O6. The Morgan fingerprint density at radius 2 is 1.67 bits per heavy atom. The fraction of sp³-hybridized carbons (Fsp3) is 0.511. The lowest BCUT2D eigenvalue weighted by atomic mass is 9.80. The molecule has 9 rings (SSSR count). The molecule has 13 heteroatoms. The maximum absolute atomic E-state index is 14.2. The fourth-order valence-electron chi connectivity index (χ4n) is 10.1. The van der Waals surface area contributed by atoms with Crippen molar-refractivity contribution in [1.82, 2.24) is 35.1 Å². The van der Waals surface area contributed by atoms with E-state index in [9.17, 15) is 14.4 Å². The molecule has 3 N–H and O–H groups in total. The number of hydrogen-bond donors (Lipinski definition) is 3. The van der Waals surface area contributed by atoms with Gasteiger partial charge in [0, 0.05) is 35.8 Å². The molecule has 3 aromatic carbocycles. The summed E-state index contributed by atoms with van der Waals surface area (Å²) < 4.78 is 16.6. The van der Waals surface area contributed by atoms with Crippen molar-refractivity contribution in [2.75, 3.05) is 40.1 Å². The molecule has 0 bridgehead atoms. The lowest BCUT2D eigenvalue weighted by molar-refractivity contribution is -0.139. The largest absolute Gasteiger partial charge is 0.453 e. The Balaban J connectivity index is 0.950. The van der Waals surface area contributed by atoms with Crippen LogP contribution in [0.15, 0.2) is 60.8 Å². The third-order valence-corrected chi connectivity index (χ3v) is 13.9. The van der Waals surface area contributed by atoms with Crippen LogP contribution < -0.4 is 5.32 Å². The number of hydrogen-bond acceptors (Lipinski definition) is 8. The molecule has 6 heterocycles. The minimum Gasteiger partial charge on any atom is -0.453 e. The molecule has 0 radical (unpaired) electrons. The van der Waals surface area contributed by atoms with Crippen LogP contribution in [0.1, 0.15) is 84.0 Å². The molecule has 1 spiro atoms. The zero-order valence-corrected chi connectivity index (χ0v) is 35.5. The molecule has 0 saturated carbocycles. The average molecular weight is 816 g/mol. The number of aromatic nitrogens is 4. The van der Waals surface area contributed by atoms with Gasteiger partial charge in [0.25, 0.3) is 0 Å². The minimum absolute atomic E-state index is 0.0231. The van der Waals surface area contributed by atoms with E-state index in [-0.39, 0.29) is 59.0 Å². The fourth-order valence-corrected chi connectivity index (χ4v) is 10.1. The summed E-state index contributed by atoms with van der Waals surface area (Å²) >= 11 is 0. The SMILES string of the molecule is COC(=O)N[C@H](C(=O)N1[C@H](c2nc3ccc4cc(-c5ccc(-c6cnc([C@@H]7C[C@@]8(CCCOC8)CN7C(=O)[C@@H](C)C(C)C)[nH]6)cc5)ccc4c3[nH]2)C[C@@H]2COC[C@@H]21)C(C)C. The summed E-state index contributed by atoms with van der Waals surface area (Å²) in [5.74, 6) is 1.86. The van der Waals surface area contributed by atoms with E-state index in [0.717, 1.165) is 88.1 Å². The van der Waals surface area contributed by atoms with E-state index in [2.05, 4.69) is 82.6 Å². The Bertz CT molecular complexity index is 2400. The van der Waals surface area contributed by atoms with Crippen molar-refractivity contribution >= 4 is 39.7 Å². The maximum Gasteiger partial charge on any atom is 0.407 e. The highest BCUT2D eigenvalue weighted by Crippen LogP contribution is 2.48. The molecule has 5 aromatic rings. The van der Waals surface area contributed by atoms with Crippen LogP contribution in [0.5, 0.6) is 0 Å². The van der Waals surface area contributed by atoms with Gasteiger partial charge in [-0.15, -0.1) is 0 Å². The molecule has 7 atom stereocenters. The predicted octanol–water partition coefficient (Wildman–Crippen LogP) is 7.80. The standard InChI is InChI=1S/C47H57N7O6/c1-26(2)28(5)44(55)53-24-47(16-7-17-59-25-47)20-38(53)42-48-21-36(50-42)30-10-8-29(9-11-30)31-12-14-34-32(18-31)13-15-35-41(34)51-43(49-35)37-19-33-22-60-23-39(33)54(37)45(56)40(27(3)4)52-46(57)58-6/h8-15,18,21,26-28,33,37-40H,7,16-17,19-20,22-25H2,1-6H3,(H,48,50)(H,49,51)(H,52,57)/t28-,33+,37-,38-,39-,40-,47-/m0/s1. The van der Waals surface area contributed by atoms with Crippen LogP contribution in [0, 0.1) is 29.1 Å². The summed E-state index contributed by atoms with van der Waals surface area (Å²) in [6, 6.07) is 17.9. The molecule has 3 amide bonds. The number of benzene rings is 3. The monoisotopic (exact) mass is 815 g/mol. The van der Waals surface area contributed by atoms with Crippen molar-refractivity contribution in [2.45, 2.75) is 84.5 Å². The Morgan fingerprint density at radius 3 is 2.40 bits per heavy atom. The second-order valence-corrected chi connectivity index (χ2v) is 18.4. The van der Waals surface area contributed by atoms with Crippen LogP contribution in [0.2, 0.25) is 0 Å². The Morgan fingerprint density at radius 1 is 0.883 bits per heavy atom. The van der Waals surface area contributed by atoms with Gasteiger partial charge < -0.3 is 39.3 Å². The van der Waals surface area contributed by atoms with Crippen molar-refractivity contribution < 1.29 is 28.6 Å². The zero-order valence-electron chi connectivity index (χ0n) is 35.5. The minimum atomic E-state index is -0.739. The number of rotatable bonds is 9. The smallest absolute Gasteiger partial charge is 0.407 e. The van der Waals surface area contributed by atoms with Crippen LogP contribution in [0.25, 0.3) is 44.2 Å². The van der Waals surface area contributed by atoms with Crippen LogP contribution in [0.4, 0.5) is 4.79 Å². The van der Waals surface area contributed by atoms with Crippen LogP contribution in [-0.2, 0) is 23.8 Å². The van der Waals surface area contributed by atoms with E-state index < -0.39 is 12.1 Å². The number of aromatic amines is 2. The van der Waals surface area contributed by atoms with Crippen molar-refractivity contribution in [1.29, 1.82) is 0 Å². The number of nitrogens with zero attached hydrogens (tertiary/aromatic N) is 4. The average Bonchev–Trinajstić information content (AvgIpc) is 4.10. The van der Waals surface area contributed by atoms with Crippen LogP contribution >= 0.6 is 0 Å². The van der Waals surface area contributed by atoms with E-state index >= 15 is 0 Å². The molecule has 316 valence electrons. The highest BCUT2D eigenvalue weighted by atomic mass is 16.5. The quantitative estimate of drug-likeness (QED) is 0.136. The van der Waals surface area contributed by atoms with Crippen LogP contribution in [0.3, 0.4) is 0 Å². The second-order valence-electron chi connectivity index (χ2n) is 18.4. The lowest BCUT2D eigenvalue weighted by Gasteiger charge is -2.33. The molecule has 0 unspecified atom stereocenters. The molecule has 0 aliphatic carbocycles. The first-order valence-corrected chi connectivity index (χ1v) is 21.6. The number of carbonyl (C=O) groups is 3. The van der Waals surface area contributed by atoms with Crippen molar-refractivity contribution in [3.05, 3.63) is 72.4 Å². The summed E-state index contributed by atoms with van der Waals surface area (Å²) in [6.07, 6.45) is 4.93. The van der Waals surface area contributed by atoms with E-state index in [4.69, 9.17) is 24.2 Å². The van der Waals surface area contributed by atoms with Gasteiger partial charge in [0.05, 0.1) is 68.0 Å². The molecule has 2 aromatic heterocycles. The molecule has 13 nitrogen and oxygen atoms in total. The van der Waals surface area contributed by atoms with Crippen LogP contribution in [-0.4, -0.2) is 99.8 Å². The van der Waals surface area contributed by atoms with Gasteiger partial charge in [-0.05, 0) is 71.7 Å². The second kappa shape index (κ2) is 16.0. The van der Waals surface area contributed by atoms with Gasteiger partial charge in [0.15, 0.2) is 0 Å². The van der Waals surface area contributed by atoms with E-state index in [0.29, 0.717) is 26.4 Å². The number of H-pyrrole nitrogens is 2. The molecule has 60 heavy (non-hydrogen) atoms. The van der Waals surface area contributed by atoms with E-state index in [1.165, 1.54) is 7.11 Å². The molecule has 4 saturated heterocycles. The van der Waals surface area contributed by atoms with Gasteiger partial charge >= 0.3 is 6.09 Å². The number of alkyl carbamates (subject to hydrolysis) is 1. The van der Waals surface area contributed by atoms with E-state index in [1.807, 2.05) is 37.9 Å². The Labute approximate surface area is 350 Å².